The number of carboxylic acids is 1. The molecule has 0 saturated heterocycles. The SMILES string of the molecule is Cc1cn(CC(=O)N(CCN)CC(=O)NCCN(CC(=O)NCCN(CC(=O)NCCN(CC(=O)NCCN(CC(=O)NCCN(CC(=O)NCCC(=O)O)C(=O)Cn2cc(C)c(=O)[nH]c2=O)C(=O)Cn2cnc3c(=O)[nH]c(N)nc32)C(=O)Cn2cnc3c(=O)[nH]c(N)nc32)C(=O)Cn2cnc3c(=O)[nH]c(N)nc32)C(=O)Cn2cnc3c(=O)[nH]c(N)nc32)c(=O)[nH]c1=O. The number of carboxylic acid groups (broad SMARTS) is 1. The van der Waals surface area contributed by atoms with Crippen LogP contribution in [-0.2, 0) is 102 Å². The Kier molecular flexibility index (Phi) is 30.8. The summed E-state index contributed by atoms with van der Waals surface area (Å²) in [6, 6.07) is 0. The van der Waals surface area contributed by atoms with Crippen molar-refractivity contribution in [3.8, 4) is 0 Å². The van der Waals surface area contributed by atoms with Crippen LogP contribution in [0.3, 0.4) is 0 Å². The number of aryl methyl sites for hydroxylation is 2. The number of nitrogen functional groups attached to an aromatic ring is 4. The molecule has 59 nitrogen and oxygen atoms in total. The van der Waals surface area contributed by atoms with E-state index >= 15 is 0 Å². The van der Waals surface area contributed by atoms with Crippen LogP contribution in [0.25, 0.3) is 44.7 Å². The van der Waals surface area contributed by atoms with E-state index in [0.717, 1.165) is 94.5 Å². The first kappa shape index (κ1) is 93.3. The molecule has 10 rings (SSSR count). The maximum Gasteiger partial charge on any atom is 0.328 e. The zero-order valence-electron chi connectivity index (χ0n) is 68.2. The van der Waals surface area contributed by atoms with E-state index in [1.165, 1.54) is 13.8 Å². The van der Waals surface area contributed by atoms with Crippen LogP contribution in [0.15, 0.2) is 76.1 Å². The summed E-state index contributed by atoms with van der Waals surface area (Å²) in [5.41, 5.74) is 21.4. The lowest BCUT2D eigenvalue weighted by atomic mass is 10.3. The molecule has 0 bridgehead atoms. The Morgan fingerprint density at radius 3 is 0.773 bits per heavy atom. The third kappa shape index (κ3) is 24.9. The molecule has 10 aromatic heterocycles. The highest BCUT2D eigenvalue weighted by Crippen LogP contribution is 2.13. The van der Waals surface area contributed by atoms with Gasteiger partial charge in [-0.1, -0.05) is 0 Å². The molecule has 59 heteroatoms. The first-order valence-corrected chi connectivity index (χ1v) is 38.5. The van der Waals surface area contributed by atoms with Crippen LogP contribution < -0.4 is 105 Å². The monoisotopic (exact) mass is 1790 g/mol. The molecule has 0 unspecified atom stereocenters. The predicted molar refractivity (Wildman–Crippen MR) is 441 cm³/mol. The van der Waals surface area contributed by atoms with Gasteiger partial charge in [0.1, 0.15) is 39.3 Å². The number of nitrogens with two attached hydrogens (primary N) is 5. The number of anilines is 4. The summed E-state index contributed by atoms with van der Waals surface area (Å²) in [5.74, 6) is -13.0. The number of H-pyrrole nitrogens is 6. The molecule has 0 radical (unpaired) electrons. The van der Waals surface area contributed by atoms with Crippen LogP contribution >= 0.6 is 0 Å². The van der Waals surface area contributed by atoms with Crippen molar-refractivity contribution < 1.29 is 67.4 Å². The molecule has 0 aliphatic heterocycles. The molecular weight excluding hydrogens is 1700 g/mol. The first-order valence-electron chi connectivity index (χ1n) is 38.5. The minimum atomic E-state index is -1.24. The summed E-state index contributed by atoms with van der Waals surface area (Å²) >= 11 is 0. The van der Waals surface area contributed by atoms with Gasteiger partial charge in [0.2, 0.25) is 94.7 Å². The Morgan fingerprint density at radius 1 is 0.328 bits per heavy atom. The van der Waals surface area contributed by atoms with Crippen LogP contribution in [0, 0.1) is 13.8 Å². The van der Waals surface area contributed by atoms with Gasteiger partial charge in [0.15, 0.2) is 44.7 Å². The lowest BCUT2D eigenvalue weighted by Gasteiger charge is -2.26. The highest BCUT2D eigenvalue weighted by Gasteiger charge is 2.29. The molecule has 0 atom stereocenters. The van der Waals surface area contributed by atoms with E-state index in [0.29, 0.717) is 0 Å². The van der Waals surface area contributed by atoms with Crippen molar-refractivity contribution in [3.05, 3.63) is 132 Å². The number of nitrogens with zero attached hydrogens (tertiary/aromatic N) is 20. The maximum absolute atomic E-state index is 14.5. The van der Waals surface area contributed by atoms with Gasteiger partial charge in [0.05, 0.1) is 71.0 Å². The number of fused-ring (bicyclic) bond motifs is 4. The van der Waals surface area contributed by atoms with Gasteiger partial charge in [-0.05, 0) is 13.8 Å². The maximum atomic E-state index is 14.5. The van der Waals surface area contributed by atoms with Crippen LogP contribution in [0.5, 0.6) is 0 Å². The lowest BCUT2D eigenvalue weighted by Crippen LogP contribution is -2.50. The Hall–Kier alpha value is -17.0. The topological polar surface area (TPSA) is 828 Å². The standard InChI is InChI=1S/C69H87N37O22/c1-35-17-101(68(127)93-58(35)121)25-43(113)95(11-4-70)19-38(108)76-7-13-97(45(115)27-103-31-81-50-54(103)85-64(71)89-60(50)123)22-40(110)78-9-15-99(47(117)29-105-33-83-52-56(105)87-66(73)91-62(52)125)24-42(112)80-10-16-100(48(118)30-106-34-84-53-57(106)88-67(74)92-63(53)126)23-41(111)79-8-14-98(46(116)28-104-32-82-51-55(104)86-65(72)90-61(51)124)21-39(109)77-6-12-96(20-37(107)75-5-3-49(119)120)44(114)26-102-18-36(2)59(122)94-69(102)128/h17-18,31-34H,3-16,19-30,70H2,1-2H3,(H,75,107)(H,76,108)(H,77,109)(H,78,110)(H,79,111)(H,80,112)(H,119,120)(H,93,121,127)(H,94,122,128)(H3,71,85,89,123)(H3,72,86,90,124)(H3,73,87,91,125)(H3,74,88,92,126). The van der Waals surface area contributed by atoms with Crippen molar-refractivity contribution in [2.45, 2.75) is 59.5 Å². The Labute approximate surface area is 713 Å². The Bertz CT molecular complexity index is 6480. The second-order valence-electron chi connectivity index (χ2n) is 28.3. The average Bonchev–Trinajstić information content (AvgIpc) is 1.70. The van der Waals surface area contributed by atoms with E-state index in [1.54, 1.807) is 0 Å². The number of nitrogens with one attached hydrogen (secondary N) is 12. The fourth-order valence-electron chi connectivity index (χ4n) is 12.5. The molecule has 0 aromatic carbocycles. The molecule has 128 heavy (non-hydrogen) atoms. The van der Waals surface area contributed by atoms with Gasteiger partial charge >= 0.3 is 17.3 Å². The Balaban J connectivity index is 0.828. The summed E-state index contributed by atoms with van der Waals surface area (Å²) < 4.78 is 6.35. The number of imidazole rings is 4. The van der Waals surface area contributed by atoms with Crippen molar-refractivity contribution >= 4 is 145 Å². The normalized spacial score (nSPS) is 11.1. The largest absolute Gasteiger partial charge is 0.481 e. The Morgan fingerprint density at radius 2 is 0.547 bits per heavy atom. The van der Waals surface area contributed by atoms with E-state index in [1.807, 2.05) is 4.98 Å². The minimum absolute atomic E-state index is 0.0556. The van der Waals surface area contributed by atoms with Crippen molar-refractivity contribution in [2.75, 3.05) is 147 Å². The number of hydrogen-bond donors (Lipinski definition) is 18. The molecule has 0 spiro atoms. The molecule has 10 heterocycles. The number of carbonyl (C=O) groups is 13. The predicted octanol–water partition coefficient (Wildman–Crippen LogP) is -14.3. The fraction of sp³-hybridized carbons (Fsp3) is 0.406. The summed E-state index contributed by atoms with van der Waals surface area (Å²) in [6.07, 6.45) is 6.15. The molecule has 10 aromatic rings. The summed E-state index contributed by atoms with van der Waals surface area (Å²) in [7, 11) is 0. The first-order chi connectivity index (χ1) is 60.9. The van der Waals surface area contributed by atoms with Crippen LogP contribution in [0.2, 0.25) is 0 Å². The number of amides is 12. The number of aliphatic carboxylic acids is 1. The van der Waals surface area contributed by atoms with E-state index in [9.17, 15) is 101 Å². The van der Waals surface area contributed by atoms with Crippen LogP contribution in [-0.4, -0.2) is 333 Å². The number of carbonyl (C=O) groups excluding carboxylic acids is 12. The zero-order valence-corrected chi connectivity index (χ0v) is 68.2. The fourth-order valence-corrected chi connectivity index (χ4v) is 12.5. The second-order valence-corrected chi connectivity index (χ2v) is 28.3. The molecule has 0 saturated carbocycles. The molecular formula is C69H87N37O22. The smallest absolute Gasteiger partial charge is 0.328 e. The summed E-state index contributed by atoms with van der Waals surface area (Å²) in [4.78, 5) is 330. The molecule has 0 fully saturated rings. The number of aromatic amines is 6. The zero-order chi connectivity index (χ0) is 92.9. The van der Waals surface area contributed by atoms with E-state index < -0.39 is 265 Å². The van der Waals surface area contributed by atoms with Gasteiger partial charge in [0, 0.05) is 109 Å². The van der Waals surface area contributed by atoms with Crippen LogP contribution in [0.1, 0.15) is 17.5 Å². The van der Waals surface area contributed by atoms with E-state index in [-0.39, 0.29) is 106 Å². The van der Waals surface area contributed by atoms with Crippen molar-refractivity contribution in [3.63, 3.8) is 0 Å². The van der Waals surface area contributed by atoms with Gasteiger partial charge in [0.25, 0.3) is 33.4 Å². The quantitative estimate of drug-likeness (QED) is 0.0169. The average molecular weight is 1790 g/mol. The minimum Gasteiger partial charge on any atom is -0.481 e. The van der Waals surface area contributed by atoms with Crippen molar-refractivity contribution in [1.29, 1.82) is 0 Å². The molecule has 12 amide bonds. The third-order valence-electron chi connectivity index (χ3n) is 18.9. The van der Waals surface area contributed by atoms with Gasteiger partial charge in [-0.15, -0.1) is 0 Å². The third-order valence-corrected chi connectivity index (χ3v) is 18.9. The highest BCUT2D eigenvalue weighted by molar-refractivity contribution is 5.91. The van der Waals surface area contributed by atoms with Crippen molar-refractivity contribution in [1.82, 2.24) is 158 Å². The lowest BCUT2D eigenvalue weighted by molar-refractivity contribution is -0.138. The summed E-state index contributed by atoms with van der Waals surface area (Å²) in [6.45, 7) is -11.0. The van der Waals surface area contributed by atoms with Gasteiger partial charge in [-0.3, -0.25) is 130 Å². The van der Waals surface area contributed by atoms with Crippen molar-refractivity contribution in [2.24, 2.45) is 5.73 Å². The van der Waals surface area contributed by atoms with Gasteiger partial charge < -0.3 is 113 Å². The molecule has 0 aliphatic rings. The van der Waals surface area contributed by atoms with Gasteiger partial charge in [-0.25, -0.2) is 29.5 Å². The molecule has 0 aliphatic carbocycles. The number of rotatable bonds is 44. The highest BCUT2D eigenvalue weighted by atomic mass is 16.4. The van der Waals surface area contributed by atoms with E-state index in [4.69, 9.17) is 33.8 Å². The van der Waals surface area contributed by atoms with Gasteiger partial charge in [-0.2, -0.15) is 19.9 Å². The summed E-state index contributed by atoms with van der Waals surface area (Å²) in [5, 5.41) is 24.2. The number of aromatic nitrogens is 20. The van der Waals surface area contributed by atoms with Crippen LogP contribution in [0.4, 0.5) is 23.8 Å². The second kappa shape index (κ2) is 42.2. The number of hydrogen-bond acceptors (Lipinski definition) is 34. The van der Waals surface area contributed by atoms with E-state index in [2.05, 4.69) is 96.7 Å². The molecule has 23 N–H and O–H groups in total. The molecule has 680 valence electrons.